The topological polar surface area (TPSA) is 83.2 Å². The molecular weight excluding hydrogens is 488 g/mol. The lowest BCUT2D eigenvalue weighted by atomic mass is 10.1. The van der Waals surface area contributed by atoms with Gasteiger partial charge in [0.25, 0.3) is 0 Å². The van der Waals surface area contributed by atoms with Gasteiger partial charge in [-0.25, -0.2) is 9.18 Å². The van der Waals surface area contributed by atoms with Crippen molar-refractivity contribution in [1.29, 1.82) is 0 Å². The van der Waals surface area contributed by atoms with E-state index in [9.17, 15) is 9.18 Å². The second-order valence-electron chi connectivity index (χ2n) is 8.64. The zero-order chi connectivity index (χ0) is 20.9. The molecule has 1 aromatic rings. The van der Waals surface area contributed by atoms with E-state index in [2.05, 4.69) is 15.2 Å². The first kappa shape index (κ1) is 25.3. The van der Waals surface area contributed by atoms with Gasteiger partial charge in [-0.1, -0.05) is 0 Å². The highest BCUT2D eigenvalue weighted by molar-refractivity contribution is 14.0. The lowest BCUT2D eigenvalue weighted by Gasteiger charge is -2.37. The van der Waals surface area contributed by atoms with Crippen LogP contribution in [-0.2, 0) is 4.74 Å². The van der Waals surface area contributed by atoms with Crippen LogP contribution in [-0.4, -0.2) is 60.8 Å². The van der Waals surface area contributed by atoms with Gasteiger partial charge in [-0.05, 0) is 58.9 Å². The molecule has 1 saturated heterocycles. The highest BCUT2D eigenvalue weighted by Crippen LogP contribution is 2.17. The number of amides is 1. The van der Waals surface area contributed by atoms with Crippen molar-refractivity contribution in [1.82, 2.24) is 10.2 Å². The Kier molecular flexibility index (Phi) is 8.98. The monoisotopic (exact) mass is 521 g/mol. The summed E-state index contributed by atoms with van der Waals surface area (Å²) >= 11 is 0. The summed E-state index contributed by atoms with van der Waals surface area (Å²) < 4.78 is 18.4. The SMILES string of the molecule is CC(C)(CN=C(N)N1CCN(c2ccc(F)cc2)CC1)NC(=O)OC(C)(C)C.I. The maximum atomic E-state index is 13.1. The van der Waals surface area contributed by atoms with Gasteiger partial charge in [0.1, 0.15) is 11.4 Å². The first-order chi connectivity index (χ1) is 13.0. The summed E-state index contributed by atoms with van der Waals surface area (Å²) in [7, 11) is 0. The number of carbonyl (C=O) groups is 1. The molecule has 1 aliphatic heterocycles. The summed E-state index contributed by atoms with van der Waals surface area (Å²) in [6, 6.07) is 6.51. The number of hydrogen-bond acceptors (Lipinski definition) is 4. The number of alkyl carbamates (subject to hydrolysis) is 1. The van der Waals surface area contributed by atoms with Crippen molar-refractivity contribution >= 4 is 41.7 Å². The van der Waals surface area contributed by atoms with Gasteiger partial charge in [-0.2, -0.15) is 0 Å². The van der Waals surface area contributed by atoms with Gasteiger partial charge in [-0.15, -0.1) is 24.0 Å². The molecule has 1 amide bonds. The van der Waals surface area contributed by atoms with Crippen LogP contribution in [0.1, 0.15) is 34.6 Å². The molecule has 0 aromatic heterocycles. The molecular formula is C20H33FIN5O2. The number of carbonyl (C=O) groups excluding carboxylic acids is 1. The zero-order valence-corrected chi connectivity index (χ0v) is 20.2. The second kappa shape index (κ2) is 10.3. The lowest BCUT2D eigenvalue weighted by molar-refractivity contribution is 0.0476. The van der Waals surface area contributed by atoms with Crippen molar-refractivity contribution in [2.24, 2.45) is 10.7 Å². The van der Waals surface area contributed by atoms with Crippen LogP contribution in [0.4, 0.5) is 14.9 Å². The third-order valence-corrected chi connectivity index (χ3v) is 4.27. The molecule has 1 aliphatic rings. The normalized spacial score (nSPS) is 15.6. The maximum Gasteiger partial charge on any atom is 0.408 e. The molecule has 1 aromatic carbocycles. The number of aliphatic imine (C=N–C) groups is 1. The van der Waals surface area contributed by atoms with E-state index in [1.165, 1.54) is 12.1 Å². The summed E-state index contributed by atoms with van der Waals surface area (Å²) in [5.74, 6) is 0.221. The molecule has 1 heterocycles. The van der Waals surface area contributed by atoms with Crippen molar-refractivity contribution in [3.8, 4) is 0 Å². The van der Waals surface area contributed by atoms with Gasteiger partial charge < -0.3 is 25.6 Å². The fourth-order valence-electron chi connectivity index (χ4n) is 2.84. The Balaban J connectivity index is 0.00000420. The van der Waals surface area contributed by atoms with Crippen LogP contribution in [0, 0.1) is 5.82 Å². The second-order valence-corrected chi connectivity index (χ2v) is 8.64. The summed E-state index contributed by atoms with van der Waals surface area (Å²) in [5.41, 5.74) is 6.03. The zero-order valence-electron chi connectivity index (χ0n) is 17.9. The van der Waals surface area contributed by atoms with Crippen molar-refractivity contribution in [3.63, 3.8) is 0 Å². The molecule has 0 unspecified atom stereocenters. The Morgan fingerprint density at radius 3 is 2.21 bits per heavy atom. The molecule has 164 valence electrons. The van der Waals surface area contributed by atoms with E-state index in [0.29, 0.717) is 12.5 Å². The van der Waals surface area contributed by atoms with Crippen LogP contribution in [0.25, 0.3) is 0 Å². The Bertz CT molecular complexity index is 696. The average Bonchev–Trinajstić information content (AvgIpc) is 2.58. The number of nitrogens with zero attached hydrogens (tertiary/aromatic N) is 3. The molecule has 0 spiro atoms. The van der Waals surface area contributed by atoms with Crippen molar-refractivity contribution in [3.05, 3.63) is 30.1 Å². The number of ether oxygens (including phenoxy) is 1. The van der Waals surface area contributed by atoms with E-state index in [4.69, 9.17) is 10.5 Å². The van der Waals surface area contributed by atoms with Crippen LogP contribution in [0.5, 0.6) is 0 Å². The Labute approximate surface area is 189 Å². The van der Waals surface area contributed by atoms with Crippen molar-refractivity contribution in [2.45, 2.75) is 45.8 Å². The fraction of sp³-hybridized carbons (Fsp3) is 0.600. The van der Waals surface area contributed by atoms with Crippen LogP contribution in [0.3, 0.4) is 0 Å². The van der Waals surface area contributed by atoms with Gasteiger partial charge in [0.05, 0.1) is 12.1 Å². The first-order valence-corrected chi connectivity index (χ1v) is 9.52. The van der Waals surface area contributed by atoms with E-state index in [1.54, 1.807) is 12.1 Å². The number of nitrogens with one attached hydrogen (secondary N) is 1. The number of piperazine rings is 1. The smallest absolute Gasteiger partial charge is 0.408 e. The summed E-state index contributed by atoms with van der Waals surface area (Å²) in [6.45, 7) is 12.6. The van der Waals surface area contributed by atoms with E-state index in [1.807, 2.05) is 39.5 Å². The molecule has 9 heteroatoms. The Hall–Kier alpha value is -1.78. The quantitative estimate of drug-likeness (QED) is 0.362. The minimum Gasteiger partial charge on any atom is -0.444 e. The molecule has 3 N–H and O–H groups in total. The lowest BCUT2D eigenvalue weighted by Crippen LogP contribution is -2.52. The number of halogens is 2. The minimum atomic E-state index is -0.580. The number of benzene rings is 1. The summed E-state index contributed by atoms with van der Waals surface area (Å²) in [6.07, 6.45) is -0.473. The van der Waals surface area contributed by atoms with Gasteiger partial charge in [-0.3, -0.25) is 4.99 Å². The first-order valence-electron chi connectivity index (χ1n) is 9.52. The number of hydrogen-bond donors (Lipinski definition) is 2. The van der Waals surface area contributed by atoms with Gasteiger partial charge in [0.15, 0.2) is 5.96 Å². The van der Waals surface area contributed by atoms with Crippen LogP contribution in [0.2, 0.25) is 0 Å². The number of nitrogens with two attached hydrogens (primary N) is 1. The highest BCUT2D eigenvalue weighted by atomic mass is 127. The molecule has 2 rings (SSSR count). The predicted molar refractivity (Wildman–Crippen MR) is 126 cm³/mol. The summed E-state index contributed by atoms with van der Waals surface area (Å²) in [5, 5.41) is 2.82. The highest BCUT2D eigenvalue weighted by Gasteiger charge is 2.25. The Morgan fingerprint density at radius 2 is 1.69 bits per heavy atom. The standard InChI is InChI=1S/C20H32FN5O2.HI/c1-19(2,3)28-18(27)24-20(4,5)14-23-17(22)26-12-10-25(11-13-26)16-8-6-15(21)7-9-16;/h6-9H,10-14H2,1-5H3,(H2,22,23)(H,24,27);1H. The van der Waals surface area contributed by atoms with Crippen LogP contribution >= 0.6 is 24.0 Å². The molecule has 0 bridgehead atoms. The third-order valence-electron chi connectivity index (χ3n) is 4.27. The molecule has 1 fully saturated rings. The van der Waals surface area contributed by atoms with E-state index in [0.717, 1.165) is 31.9 Å². The molecule has 0 saturated carbocycles. The number of anilines is 1. The Morgan fingerprint density at radius 1 is 1.14 bits per heavy atom. The predicted octanol–water partition coefficient (Wildman–Crippen LogP) is 3.18. The molecule has 0 radical (unpaired) electrons. The average molecular weight is 521 g/mol. The molecule has 7 nitrogen and oxygen atoms in total. The summed E-state index contributed by atoms with van der Waals surface area (Å²) in [4.78, 5) is 20.6. The largest absolute Gasteiger partial charge is 0.444 e. The van der Waals surface area contributed by atoms with Gasteiger partial charge in [0, 0.05) is 31.9 Å². The minimum absolute atomic E-state index is 0. The maximum absolute atomic E-state index is 13.1. The van der Waals surface area contributed by atoms with Crippen molar-refractivity contribution < 1.29 is 13.9 Å². The van der Waals surface area contributed by atoms with Crippen LogP contribution < -0.4 is 16.0 Å². The number of rotatable bonds is 4. The molecule has 0 aliphatic carbocycles. The fourth-order valence-corrected chi connectivity index (χ4v) is 2.84. The van der Waals surface area contributed by atoms with E-state index in [-0.39, 0.29) is 29.8 Å². The van der Waals surface area contributed by atoms with E-state index >= 15 is 0 Å². The molecule has 0 atom stereocenters. The van der Waals surface area contributed by atoms with Gasteiger partial charge >= 0.3 is 6.09 Å². The number of guanidine groups is 1. The van der Waals surface area contributed by atoms with Gasteiger partial charge in [0.2, 0.25) is 0 Å². The van der Waals surface area contributed by atoms with E-state index < -0.39 is 17.2 Å². The molecule has 29 heavy (non-hydrogen) atoms. The van der Waals surface area contributed by atoms with Crippen LogP contribution in [0.15, 0.2) is 29.3 Å². The third kappa shape index (κ3) is 8.63. The van der Waals surface area contributed by atoms with Crippen molar-refractivity contribution in [2.75, 3.05) is 37.6 Å².